The van der Waals surface area contributed by atoms with Crippen molar-refractivity contribution in [3.8, 4) is 6.07 Å². The molecule has 3 aromatic rings. The van der Waals surface area contributed by atoms with Gasteiger partial charge >= 0.3 is 0 Å². The Balaban J connectivity index is 1.54. The molecule has 0 radical (unpaired) electrons. The van der Waals surface area contributed by atoms with Gasteiger partial charge in [0.05, 0.1) is 23.5 Å². The summed E-state index contributed by atoms with van der Waals surface area (Å²) < 4.78 is 3.47. The van der Waals surface area contributed by atoms with Crippen molar-refractivity contribution >= 4 is 17.3 Å². The lowest BCUT2D eigenvalue weighted by Crippen LogP contribution is -2.24. The first kappa shape index (κ1) is 18.3. The van der Waals surface area contributed by atoms with Gasteiger partial charge in [-0.1, -0.05) is 0 Å². The molecule has 0 aromatic carbocycles. The first-order valence-corrected chi connectivity index (χ1v) is 9.36. The van der Waals surface area contributed by atoms with Crippen LogP contribution in [0.5, 0.6) is 0 Å². The first-order chi connectivity index (χ1) is 13.4. The van der Waals surface area contributed by atoms with Crippen molar-refractivity contribution in [2.24, 2.45) is 0 Å². The Bertz CT molecular complexity index is 1100. The fraction of sp³-hybridized carbons (Fsp3) is 0.474. The summed E-state index contributed by atoms with van der Waals surface area (Å²) in [6.45, 7) is 6.51. The van der Waals surface area contributed by atoms with Crippen molar-refractivity contribution in [3.63, 3.8) is 0 Å². The zero-order valence-corrected chi connectivity index (χ0v) is 16.3. The maximum atomic E-state index is 9.63. The molecule has 0 aliphatic heterocycles. The van der Waals surface area contributed by atoms with Crippen LogP contribution in [0.15, 0.2) is 6.07 Å². The number of nitrogens with one attached hydrogen (secondary N) is 1. The third-order valence-corrected chi connectivity index (χ3v) is 5.56. The standard InChI is InChI=1S/C19H24N8O/c1-11-8-14(25-27(11)19(10-28)5-6-19)4-7-22-17-15(9-20)16(21)26-18(23-17)12(2)13(3)24-26/h8,28H,4-7,10,21H2,1-3H3,(H,22,23). The summed E-state index contributed by atoms with van der Waals surface area (Å²) >= 11 is 0. The summed E-state index contributed by atoms with van der Waals surface area (Å²) in [4.78, 5) is 4.57. The normalized spacial score (nSPS) is 15.0. The highest BCUT2D eigenvalue weighted by atomic mass is 16.3. The van der Waals surface area contributed by atoms with E-state index in [2.05, 4.69) is 26.6 Å². The predicted octanol–water partition coefficient (Wildman–Crippen LogP) is 1.44. The number of rotatable bonds is 6. The summed E-state index contributed by atoms with van der Waals surface area (Å²) in [5.41, 5.74) is 10.6. The molecule has 0 amide bonds. The number of hydrogen-bond acceptors (Lipinski definition) is 7. The number of aliphatic hydroxyl groups is 1. The van der Waals surface area contributed by atoms with Gasteiger partial charge in [-0.2, -0.15) is 20.0 Å². The highest BCUT2D eigenvalue weighted by Crippen LogP contribution is 2.43. The van der Waals surface area contributed by atoms with Gasteiger partial charge in [0.25, 0.3) is 0 Å². The van der Waals surface area contributed by atoms with Crippen molar-refractivity contribution in [1.29, 1.82) is 5.26 Å². The van der Waals surface area contributed by atoms with Crippen molar-refractivity contribution in [2.45, 2.75) is 45.6 Å². The average molecular weight is 380 g/mol. The number of aromatic nitrogens is 5. The van der Waals surface area contributed by atoms with Gasteiger partial charge < -0.3 is 16.2 Å². The van der Waals surface area contributed by atoms with E-state index in [0.717, 1.165) is 35.5 Å². The van der Waals surface area contributed by atoms with Gasteiger partial charge in [-0.05, 0) is 39.7 Å². The molecule has 1 fully saturated rings. The predicted molar refractivity (Wildman–Crippen MR) is 105 cm³/mol. The van der Waals surface area contributed by atoms with E-state index >= 15 is 0 Å². The van der Waals surface area contributed by atoms with Gasteiger partial charge in [-0.25, -0.2) is 4.98 Å². The zero-order valence-electron chi connectivity index (χ0n) is 16.3. The van der Waals surface area contributed by atoms with Crippen LogP contribution in [0, 0.1) is 32.1 Å². The molecule has 3 heterocycles. The van der Waals surface area contributed by atoms with E-state index in [9.17, 15) is 10.4 Å². The second-order valence-corrected chi connectivity index (χ2v) is 7.53. The summed E-state index contributed by atoms with van der Waals surface area (Å²) in [5, 5.41) is 31.4. The number of fused-ring (bicyclic) bond motifs is 1. The monoisotopic (exact) mass is 380 g/mol. The minimum absolute atomic E-state index is 0.117. The molecule has 0 atom stereocenters. The summed E-state index contributed by atoms with van der Waals surface area (Å²) in [7, 11) is 0. The van der Waals surface area contributed by atoms with Crippen LogP contribution in [0.25, 0.3) is 5.65 Å². The fourth-order valence-electron chi connectivity index (χ4n) is 3.55. The summed E-state index contributed by atoms with van der Waals surface area (Å²) in [6.07, 6.45) is 2.59. The van der Waals surface area contributed by atoms with Crippen LogP contribution in [0.4, 0.5) is 11.6 Å². The van der Waals surface area contributed by atoms with Crippen molar-refractivity contribution in [3.05, 3.63) is 34.3 Å². The Labute approximate surface area is 162 Å². The first-order valence-electron chi connectivity index (χ1n) is 9.36. The van der Waals surface area contributed by atoms with Crippen LogP contribution in [-0.4, -0.2) is 42.6 Å². The van der Waals surface area contributed by atoms with E-state index in [-0.39, 0.29) is 23.5 Å². The van der Waals surface area contributed by atoms with E-state index in [1.807, 2.05) is 31.5 Å². The zero-order chi connectivity index (χ0) is 20.1. The maximum Gasteiger partial charge on any atom is 0.162 e. The molecule has 1 aliphatic rings. The molecule has 9 heteroatoms. The van der Waals surface area contributed by atoms with E-state index in [1.54, 1.807) is 0 Å². The molecule has 146 valence electrons. The molecular formula is C19H24N8O. The SMILES string of the molecule is Cc1nn2c(N)c(C#N)c(NCCc3cc(C)n(C4(CO)CC4)n3)nc2c1C. The lowest BCUT2D eigenvalue weighted by Gasteiger charge is -2.14. The molecule has 0 saturated heterocycles. The summed E-state index contributed by atoms with van der Waals surface area (Å²) in [6, 6.07) is 4.16. The topological polar surface area (TPSA) is 130 Å². The third kappa shape index (κ3) is 2.77. The quantitative estimate of drug-likeness (QED) is 0.590. The van der Waals surface area contributed by atoms with Crippen LogP contribution in [0.3, 0.4) is 0 Å². The second-order valence-electron chi connectivity index (χ2n) is 7.53. The number of nitrogen functional groups attached to an aromatic ring is 1. The molecule has 28 heavy (non-hydrogen) atoms. The van der Waals surface area contributed by atoms with E-state index in [0.29, 0.717) is 24.4 Å². The van der Waals surface area contributed by atoms with Crippen molar-refractivity contribution in [1.82, 2.24) is 24.4 Å². The van der Waals surface area contributed by atoms with Gasteiger partial charge in [-0.3, -0.25) is 4.68 Å². The van der Waals surface area contributed by atoms with Crippen LogP contribution in [0.2, 0.25) is 0 Å². The fourth-order valence-corrected chi connectivity index (χ4v) is 3.55. The molecule has 4 N–H and O–H groups in total. The van der Waals surface area contributed by atoms with Gasteiger partial charge in [0, 0.05) is 24.2 Å². The number of hydrogen-bond donors (Lipinski definition) is 3. The molecule has 0 unspecified atom stereocenters. The molecule has 0 spiro atoms. The minimum Gasteiger partial charge on any atom is -0.394 e. The molecular weight excluding hydrogens is 356 g/mol. The average Bonchev–Trinajstić information content (AvgIpc) is 3.31. The highest BCUT2D eigenvalue weighted by molar-refractivity contribution is 5.69. The molecule has 1 saturated carbocycles. The number of nitriles is 1. The largest absolute Gasteiger partial charge is 0.394 e. The van der Waals surface area contributed by atoms with Crippen molar-refractivity contribution in [2.75, 3.05) is 24.2 Å². The van der Waals surface area contributed by atoms with Gasteiger partial charge in [0.2, 0.25) is 0 Å². The second kappa shape index (κ2) is 6.49. The Kier molecular flexibility index (Phi) is 4.23. The van der Waals surface area contributed by atoms with Crippen molar-refractivity contribution < 1.29 is 5.11 Å². The summed E-state index contributed by atoms with van der Waals surface area (Å²) in [5.74, 6) is 0.741. The molecule has 4 rings (SSSR count). The number of anilines is 2. The smallest absolute Gasteiger partial charge is 0.162 e. The Morgan fingerprint density at radius 3 is 2.71 bits per heavy atom. The van der Waals surface area contributed by atoms with Crippen LogP contribution in [0.1, 0.15) is 41.1 Å². The highest BCUT2D eigenvalue weighted by Gasteiger charge is 2.45. The third-order valence-electron chi connectivity index (χ3n) is 5.56. The van der Waals surface area contributed by atoms with E-state index in [4.69, 9.17) is 5.73 Å². The number of aliphatic hydroxyl groups excluding tert-OH is 1. The van der Waals surface area contributed by atoms with Crippen LogP contribution in [-0.2, 0) is 12.0 Å². The van der Waals surface area contributed by atoms with Gasteiger partial charge in [0.15, 0.2) is 5.65 Å². The van der Waals surface area contributed by atoms with Gasteiger partial charge in [0.1, 0.15) is 23.3 Å². The lowest BCUT2D eigenvalue weighted by molar-refractivity contribution is 0.200. The number of nitrogens with two attached hydrogens (primary N) is 1. The van der Waals surface area contributed by atoms with Crippen LogP contribution >= 0.6 is 0 Å². The van der Waals surface area contributed by atoms with Crippen LogP contribution < -0.4 is 11.1 Å². The maximum absolute atomic E-state index is 9.63. The Morgan fingerprint density at radius 1 is 1.32 bits per heavy atom. The Morgan fingerprint density at radius 2 is 2.07 bits per heavy atom. The Hall–Kier alpha value is -3.12. The van der Waals surface area contributed by atoms with E-state index in [1.165, 1.54) is 4.52 Å². The lowest BCUT2D eigenvalue weighted by atomic mass is 10.2. The molecule has 9 nitrogen and oxygen atoms in total. The van der Waals surface area contributed by atoms with E-state index < -0.39 is 0 Å². The minimum atomic E-state index is -0.206. The number of nitrogens with zero attached hydrogens (tertiary/aromatic N) is 6. The molecule has 3 aromatic heterocycles. The van der Waals surface area contributed by atoms with Gasteiger partial charge in [-0.15, -0.1) is 0 Å². The molecule has 1 aliphatic carbocycles. The number of aryl methyl sites for hydroxylation is 3. The molecule has 0 bridgehead atoms.